The monoisotopic (exact) mass is 362 g/mol. The Bertz CT molecular complexity index is 765. The summed E-state index contributed by atoms with van der Waals surface area (Å²) < 4.78 is 29.9. The molecule has 0 bridgehead atoms. The molecule has 1 aromatic carbocycles. The maximum absolute atomic E-state index is 12.7. The van der Waals surface area contributed by atoms with E-state index in [9.17, 15) is 8.42 Å². The molecule has 2 heterocycles. The molecule has 1 saturated heterocycles. The van der Waals surface area contributed by atoms with Crippen molar-refractivity contribution in [1.82, 2.24) is 19.0 Å². The van der Waals surface area contributed by atoms with Gasteiger partial charge in [-0.15, -0.1) is 0 Å². The Hall–Kier alpha value is -1.70. The van der Waals surface area contributed by atoms with Crippen LogP contribution in [-0.2, 0) is 10.2 Å². The molecule has 1 aliphatic rings. The molecule has 1 fully saturated rings. The quantitative estimate of drug-likeness (QED) is 0.828. The minimum Gasteiger partial charge on any atom is -0.341 e. The molecule has 0 radical (unpaired) electrons. The highest BCUT2D eigenvalue weighted by Gasteiger charge is 2.27. The minimum absolute atomic E-state index is 0.356. The van der Waals surface area contributed by atoms with E-state index in [-0.39, 0.29) is 6.04 Å². The Labute approximate surface area is 149 Å². The molecule has 0 saturated carbocycles. The topological polar surface area (TPSA) is 78.1 Å². The van der Waals surface area contributed by atoms with Crippen molar-refractivity contribution in [2.24, 2.45) is 0 Å². The third kappa shape index (κ3) is 4.48. The maximum atomic E-state index is 12.7. The fourth-order valence-electron chi connectivity index (χ4n) is 3.15. The Morgan fingerprint density at radius 3 is 2.48 bits per heavy atom. The van der Waals surface area contributed by atoms with Crippen LogP contribution in [0.4, 0.5) is 0 Å². The van der Waals surface area contributed by atoms with Crippen molar-refractivity contribution in [2.45, 2.75) is 45.1 Å². The second-order valence-corrected chi connectivity index (χ2v) is 8.15. The molecule has 7 heteroatoms. The molecule has 1 aromatic heterocycles. The van der Waals surface area contributed by atoms with E-state index in [1.54, 1.807) is 10.5 Å². The van der Waals surface area contributed by atoms with Crippen LogP contribution in [-0.4, -0.2) is 35.8 Å². The summed E-state index contributed by atoms with van der Waals surface area (Å²) in [6.45, 7) is 3.15. The lowest BCUT2D eigenvalue weighted by Gasteiger charge is -2.23. The van der Waals surface area contributed by atoms with Gasteiger partial charge < -0.3 is 4.98 Å². The lowest BCUT2D eigenvalue weighted by atomic mass is 10.2. The number of hydrogen-bond donors (Lipinski definition) is 2. The summed E-state index contributed by atoms with van der Waals surface area (Å²) in [4.78, 5) is 7.67. The van der Waals surface area contributed by atoms with Crippen LogP contribution in [0, 0.1) is 0 Å². The van der Waals surface area contributed by atoms with Crippen molar-refractivity contribution in [3.63, 3.8) is 0 Å². The highest BCUT2D eigenvalue weighted by molar-refractivity contribution is 7.87. The van der Waals surface area contributed by atoms with Gasteiger partial charge in [-0.05, 0) is 24.8 Å². The predicted molar refractivity (Wildman–Crippen MR) is 99.2 cm³/mol. The van der Waals surface area contributed by atoms with Crippen LogP contribution in [0.5, 0.6) is 0 Å². The van der Waals surface area contributed by atoms with E-state index >= 15 is 0 Å². The second kappa shape index (κ2) is 8.12. The SMILES string of the molecule is CCC(NS(=O)(=O)N1CCCCCC1)c1ncc(-c2ccccc2)[nH]1. The van der Waals surface area contributed by atoms with Crippen LogP contribution in [0.2, 0.25) is 0 Å². The zero-order valence-electron chi connectivity index (χ0n) is 14.6. The van der Waals surface area contributed by atoms with Gasteiger partial charge in [-0.25, -0.2) is 4.98 Å². The van der Waals surface area contributed by atoms with Gasteiger partial charge >= 0.3 is 0 Å². The van der Waals surface area contributed by atoms with Crippen molar-refractivity contribution in [3.05, 3.63) is 42.4 Å². The van der Waals surface area contributed by atoms with E-state index in [0.29, 0.717) is 25.3 Å². The summed E-state index contributed by atoms with van der Waals surface area (Å²) >= 11 is 0. The number of aromatic amines is 1. The average molecular weight is 362 g/mol. The molecule has 1 unspecified atom stereocenters. The number of nitrogens with zero attached hydrogens (tertiary/aromatic N) is 2. The van der Waals surface area contributed by atoms with Gasteiger partial charge in [0, 0.05) is 13.1 Å². The molecule has 0 spiro atoms. The van der Waals surface area contributed by atoms with E-state index in [2.05, 4.69) is 14.7 Å². The number of benzene rings is 1. The number of nitrogens with one attached hydrogen (secondary N) is 2. The van der Waals surface area contributed by atoms with Gasteiger partial charge in [0.2, 0.25) is 0 Å². The van der Waals surface area contributed by atoms with Gasteiger partial charge in [0.1, 0.15) is 5.82 Å². The third-order valence-corrected chi connectivity index (χ3v) is 6.24. The first-order valence-corrected chi connectivity index (χ1v) is 10.4. The molecular weight excluding hydrogens is 336 g/mol. The summed E-state index contributed by atoms with van der Waals surface area (Å²) in [5.74, 6) is 0.653. The van der Waals surface area contributed by atoms with Crippen molar-refractivity contribution in [1.29, 1.82) is 0 Å². The van der Waals surface area contributed by atoms with E-state index < -0.39 is 10.2 Å². The number of rotatable bonds is 6. The van der Waals surface area contributed by atoms with E-state index in [0.717, 1.165) is 36.9 Å². The predicted octanol–water partition coefficient (Wildman–Crippen LogP) is 3.24. The molecule has 136 valence electrons. The molecule has 3 rings (SSSR count). The molecule has 0 aliphatic carbocycles. The summed E-state index contributed by atoms with van der Waals surface area (Å²) in [5, 5.41) is 0. The Morgan fingerprint density at radius 1 is 1.16 bits per heavy atom. The normalized spacial score (nSPS) is 18.0. The summed E-state index contributed by atoms with van der Waals surface area (Å²) in [6, 6.07) is 9.54. The fraction of sp³-hybridized carbons (Fsp3) is 0.500. The first kappa shape index (κ1) is 18.1. The van der Waals surface area contributed by atoms with Gasteiger partial charge in [0.15, 0.2) is 0 Å². The molecule has 2 N–H and O–H groups in total. The summed E-state index contributed by atoms with van der Waals surface area (Å²) in [7, 11) is -3.50. The van der Waals surface area contributed by atoms with Crippen molar-refractivity contribution < 1.29 is 8.42 Å². The first-order valence-electron chi connectivity index (χ1n) is 8.98. The smallest absolute Gasteiger partial charge is 0.280 e. The van der Waals surface area contributed by atoms with Crippen LogP contribution in [0.15, 0.2) is 36.5 Å². The first-order chi connectivity index (χ1) is 12.1. The maximum Gasteiger partial charge on any atom is 0.280 e. The zero-order valence-corrected chi connectivity index (χ0v) is 15.4. The van der Waals surface area contributed by atoms with E-state index in [1.165, 1.54) is 0 Å². The summed E-state index contributed by atoms with van der Waals surface area (Å²) in [5.41, 5.74) is 1.93. The van der Waals surface area contributed by atoms with Gasteiger partial charge in [-0.3, -0.25) is 0 Å². The second-order valence-electron chi connectivity index (χ2n) is 6.45. The molecular formula is C18H26N4O2S. The largest absolute Gasteiger partial charge is 0.341 e. The Kier molecular flexibility index (Phi) is 5.88. The molecule has 2 aromatic rings. The van der Waals surface area contributed by atoms with Gasteiger partial charge in [0.25, 0.3) is 10.2 Å². The highest BCUT2D eigenvalue weighted by atomic mass is 32.2. The molecule has 1 atom stereocenters. The fourth-order valence-corrected chi connectivity index (χ4v) is 4.67. The van der Waals surface area contributed by atoms with Gasteiger partial charge in [-0.2, -0.15) is 17.4 Å². The van der Waals surface area contributed by atoms with Gasteiger partial charge in [0.05, 0.1) is 17.9 Å². The number of aromatic nitrogens is 2. The van der Waals surface area contributed by atoms with Gasteiger partial charge in [-0.1, -0.05) is 50.1 Å². The number of hydrogen-bond acceptors (Lipinski definition) is 3. The molecule has 1 aliphatic heterocycles. The van der Waals surface area contributed by atoms with E-state index in [1.807, 2.05) is 37.3 Å². The minimum atomic E-state index is -3.50. The standard InChI is InChI=1S/C18H26N4O2S/c1-2-16(21-25(23,24)22-12-8-3-4-9-13-22)18-19-14-17(20-18)15-10-6-5-7-11-15/h5-7,10-11,14,16,21H,2-4,8-9,12-13H2,1H3,(H,19,20). The van der Waals surface area contributed by atoms with Crippen LogP contribution in [0.25, 0.3) is 11.3 Å². The Balaban J connectivity index is 1.75. The molecule has 25 heavy (non-hydrogen) atoms. The van der Waals surface area contributed by atoms with Crippen molar-refractivity contribution >= 4 is 10.2 Å². The lowest BCUT2D eigenvalue weighted by Crippen LogP contribution is -2.42. The third-order valence-electron chi connectivity index (χ3n) is 4.61. The van der Waals surface area contributed by atoms with Crippen molar-refractivity contribution in [3.8, 4) is 11.3 Å². The molecule has 6 nitrogen and oxygen atoms in total. The van der Waals surface area contributed by atoms with Crippen LogP contribution >= 0.6 is 0 Å². The average Bonchev–Trinajstić information content (AvgIpc) is 2.94. The zero-order chi connectivity index (χ0) is 17.7. The lowest BCUT2D eigenvalue weighted by molar-refractivity contribution is 0.404. The molecule has 0 amide bonds. The highest BCUT2D eigenvalue weighted by Crippen LogP contribution is 2.22. The van der Waals surface area contributed by atoms with Crippen LogP contribution in [0.1, 0.15) is 50.9 Å². The van der Waals surface area contributed by atoms with Crippen LogP contribution < -0.4 is 4.72 Å². The van der Waals surface area contributed by atoms with E-state index in [4.69, 9.17) is 0 Å². The Morgan fingerprint density at radius 2 is 1.84 bits per heavy atom. The summed E-state index contributed by atoms with van der Waals surface area (Å²) in [6.07, 6.45) is 6.44. The number of H-pyrrole nitrogens is 1. The van der Waals surface area contributed by atoms with Crippen molar-refractivity contribution in [2.75, 3.05) is 13.1 Å². The number of imidazole rings is 1. The van der Waals surface area contributed by atoms with Crippen LogP contribution in [0.3, 0.4) is 0 Å².